The van der Waals surface area contributed by atoms with Crippen molar-refractivity contribution in [3.8, 4) is 17.2 Å². The van der Waals surface area contributed by atoms with Crippen LogP contribution in [0.1, 0.15) is 47.9 Å². The van der Waals surface area contributed by atoms with E-state index in [1.54, 1.807) is 42.5 Å². The van der Waals surface area contributed by atoms with Gasteiger partial charge in [-0.15, -0.1) is 0 Å². The van der Waals surface area contributed by atoms with Gasteiger partial charge in [0.1, 0.15) is 17.2 Å². The second-order valence-electron chi connectivity index (χ2n) is 8.61. The Labute approximate surface area is 219 Å². The lowest BCUT2D eigenvalue weighted by molar-refractivity contribution is 0.0943. The maximum Gasteiger partial charge on any atom is 0.255 e. The van der Waals surface area contributed by atoms with E-state index in [2.05, 4.69) is 29.4 Å². The zero-order chi connectivity index (χ0) is 26.6. The lowest BCUT2D eigenvalue weighted by Crippen LogP contribution is -2.35. The van der Waals surface area contributed by atoms with E-state index in [1.165, 1.54) is 7.11 Å². The van der Waals surface area contributed by atoms with Crippen molar-refractivity contribution in [1.82, 2.24) is 10.2 Å². The molecule has 3 aromatic rings. The fourth-order valence-electron chi connectivity index (χ4n) is 4.00. The Morgan fingerprint density at radius 3 is 2.19 bits per heavy atom. The van der Waals surface area contributed by atoms with Crippen LogP contribution in [-0.2, 0) is 0 Å². The molecule has 0 spiro atoms. The van der Waals surface area contributed by atoms with Crippen LogP contribution in [0.15, 0.2) is 72.8 Å². The summed E-state index contributed by atoms with van der Waals surface area (Å²) in [4.78, 5) is 28.2. The minimum Gasteiger partial charge on any atom is -0.496 e. The van der Waals surface area contributed by atoms with E-state index in [0.717, 1.165) is 25.4 Å². The molecule has 0 aliphatic carbocycles. The van der Waals surface area contributed by atoms with Crippen molar-refractivity contribution >= 4 is 17.4 Å². The molecule has 1 atom stereocenters. The molecule has 0 aliphatic heterocycles. The van der Waals surface area contributed by atoms with Gasteiger partial charge in [-0.25, -0.2) is 0 Å². The summed E-state index contributed by atoms with van der Waals surface area (Å²) in [6.45, 7) is 9.40. The first-order valence-electron chi connectivity index (χ1n) is 12.8. The predicted molar refractivity (Wildman–Crippen MR) is 148 cm³/mol. The summed E-state index contributed by atoms with van der Waals surface area (Å²) in [6, 6.07) is 21.5. The van der Waals surface area contributed by atoms with Gasteiger partial charge in [-0.1, -0.05) is 39.0 Å². The average molecular weight is 504 g/mol. The molecule has 0 bridgehead atoms. The number of hydrogen-bond donors (Lipinski definition) is 2. The Kier molecular flexibility index (Phi) is 10.5. The Morgan fingerprint density at radius 2 is 1.57 bits per heavy atom. The van der Waals surface area contributed by atoms with Crippen molar-refractivity contribution in [2.75, 3.05) is 38.6 Å². The van der Waals surface area contributed by atoms with Gasteiger partial charge < -0.3 is 25.0 Å². The second-order valence-corrected chi connectivity index (χ2v) is 8.61. The predicted octanol–water partition coefficient (Wildman–Crippen LogP) is 5.63. The van der Waals surface area contributed by atoms with E-state index in [0.29, 0.717) is 41.3 Å². The highest BCUT2D eigenvalue weighted by molar-refractivity contribution is 6.02. The lowest BCUT2D eigenvalue weighted by Gasteiger charge is -2.20. The van der Waals surface area contributed by atoms with E-state index < -0.39 is 6.04 Å². The Balaban J connectivity index is 1.64. The van der Waals surface area contributed by atoms with Crippen LogP contribution in [0.2, 0.25) is 0 Å². The number of anilines is 1. The van der Waals surface area contributed by atoms with Crippen LogP contribution in [0.3, 0.4) is 0 Å². The van der Waals surface area contributed by atoms with E-state index in [1.807, 2.05) is 37.3 Å². The number of carbonyl (C=O) groups excluding carboxylic acids is 2. The second kappa shape index (κ2) is 14.0. The van der Waals surface area contributed by atoms with E-state index in [-0.39, 0.29) is 11.7 Å². The third kappa shape index (κ3) is 7.82. The largest absolute Gasteiger partial charge is 0.496 e. The molecule has 37 heavy (non-hydrogen) atoms. The van der Waals surface area contributed by atoms with Gasteiger partial charge in [0, 0.05) is 30.4 Å². The number of ether oxygens (including phenoxy) is 2. The maximum atomic E-state index is 13.2. The van der Waals surface area contributed by atoms with Crippen LogP contribution >= 0.6 is 0 Å². The fourth-order valence-corrected chi connectivity index (χ4v) is 4.00. The third-order valence-electron chi connectivity index (χ3n) is 6.24. The number of methoxy groups -OCH3 is 1. The molecule has 0 radical (unpaired) electrons. The summed E-state index contributed by atoms with van der Waals surface area (Å²) in [5.41, 5.74) is 1.76. The van der Waals surface area contributed by atoms with E-state index >= 15 is 0 Å². The number of hydrogen-bond acceptors (Lipinski definition) is 6. The Hall–Kier alpha value is -3.84. The monoisotopic (exact) mass is 503 g/mol. The van der Waals surface area contributed by atoms with Gasteiger partial charge in [0.2, 0.25) is 0 Å². The van der Waals surface area contributed by atoms with Crippen LogP contribution < -0.4 is 20.1 Å². The first-order valence-corrected chi connectivity index (χ1v) is 12.8. The minimum absolute atomic E-state index is 0.0223. The van der Waals surface area contributed by atoms with E-state index in [4.69, 9.17) is 9.47 Å². The van der Waals surface area contributed by atoms with Crippen molar-refractivity contribution in [2.45, 2.75) is 33.2 Å². The van der Waals surface area contributed by atoms with Gasteiger partial charge in [-0.2, -0.15) is 0 Å². The number of nitrogens with one attached hydrogen (secondary N) is 2. The minimum atomic E-state index is -0.431. The van der Waals surface area contributed by atoms with Crippen LogP contribution in [-0.4, -0.2) is 55.9 Å². The molecule has 0 saturated heterocycles. The SMILES string of the molecule is CCC(Nc1ccc(C(=O)NCCN(CC)CC)c(OC)c1)C(=O)c1ccc(Oc2ccccc2)cc1. The van der Waals surface area contributed by atoms with Crippen LogP contribution in [0, 0.1) is 0 Å². The molecule has 2 N–H and O–H groups in total. The standard InChI is InChI=1S/C30H37N3O4/c1-5-27(29(34)22-13-16-25(17-14-22)37-24-11-9-8-10-12-24)32-23-15-18-26(28(21-23)36-4)30(35)31-19-20-33(6-2)7-3/h8-18,21,27,32H,5-7,19-20H2,1-4H3,(H,31,35). The maximum absolute atomic E-state index is 13.2. The summed E-state index contributed by atoms with van der Waals surface area (Å²) in [7, 11) is 1.54. The zero-order valence-electron chi connectivity index (χ0n) is 22.1. The highest BCUT2D eigenvalue weighted by Crippen LogP contribution is 2.26. The molecule has 7 nitrogen and oxygen atoms in total. The van der Waals surface area contributed by atoms with Crippen molar-refractivity contribution in [3.63, 3.8) is 0 Å². The quantitative estimate of drug-likeness (QED) is 0.278. The number of likely N-dealkylation sites (N-methyl/N-ethyl adjacent to an activating group) is 1. The van der Waals surface area contributed by atoms with Crippen LogP contribution in [0.5, 0.6) is 17.2 Å². The number of nitrogens with zero attached hydrogens (tertiary/aromatic N) is 1. The van der Waals surface area contributed by atoms with Gasteiger partial charge in [-0.05, 0) is 68.0 Å². The fraction of sp³-hybridized carbons (Fsp3) is 0.333. The highest BCUT2D eigenvalue weighted by Gasteiger charge is 2.20. The van der Waals surface area contributed by atoms with Gasteiger partial charge in [0.15, 0.2) is 5.78 Å². The van der Waals surface area contributed by atoms with Crippen molar-refractivity contribution in [3.05, 3.63) is 83.9 Å². The van der Waals surface area contributed by atoms with Crippen LogP contribution in [0.4, 0.5) is 5.69 Å². The summed E-state index contributed by atoms with van der Waals surface area (Å²) >= 11 is 0. The van der Waals surface area contributed by atoms with Crippen molar-refractivity contribution < 1.29 is 19.1 Å². The Morgan fingerprint density at radius 1 is 0.892 bits per heavy atom. The number of rotatable bonds is 14. The third-order valence-corrected chi connectivity index (χ3v) is 6.24. The molecule has 196 valence electrons. The zero-order valence-corrected chi connectivity index (χ0v) is 22.1. The number of benzene rings is 3. The van der Waals surface area contributed by atoms with Crippen LogP contribution in [0.25, 0.3) is 0 Å². The normalized spacial score (nSPS) is 11.6. The van der Waals surface area contributed by atoms with Gasteiger partial charge >= 0.3 is 0 Å². The summed E-state index contributed by atoms with van der Waals surface area (Å²) in [5, 5.41) is 6.25. The molecule has 1 amide bonds. The number of Topliss-reactive ketones (excluding diaryl/α,β-unsaturated/α-hetero) is 1. The molecule has 1 unspecified atom stereocenters. The first kappa shape index (κ1) is 27.7. The molecule has 3 rings (SSSR count). The van der Waals surface area contributed by atoms with Gasteiger partial charge in [0.05, 0.1) is 18.7 Å². The molecule has 7 heteroatoms. The summed E-state index contributed by atoms with van der Waals surface area (Å²) < 4.78 is 11.3. The smallest absolute Gasteiger partial charge is 0.255 e. The first-order chi connectivity index (χ1) is 18.0. The molecule has 0 aromatic heterocycles. The Bertz CT molecular complexity index is 1150. The lowest BCUT2D eigenvalue weighted by atomic mass is 10.0. The number of carbonyl (C=O) groups is 2. The molecule has 0 heterocycles. The molecular formula is C30H37N3O4. The van der Waals surface area contributed by atoms with Gasteiger partial charge in [-0.3, -0.25) is 9.59 Å². The van der Waals surface area contributed by atoms with E-state index in [9.17, 15) is 9.59 Å². The number of amides is 1. The topological polar surface area (TPSA) is 79.9 Å². The highest BCUT2D eigenvalue weighted by atomic mass is 16.5. The van der Waals surface area contributed by atoms with Crippen molar-refractivity contribution in [1.29, 1.82) is 0 Å². The average Bonchev–Trinajstić information content (AvgIpc) is 2.94. The molecular weight excluding hydrogens is 466 g/mol. The van der Waals surface area contributed by atoms with Gasteiger partial charge in [0.25, 0.3) is 5.91 Å². The summed E-state index contributed by atoms with van der Waals surface area (Å²) in [5.74, 6) is 1.65. The molecule has 3 aromatic carbocycles. The molecule has 0 saturated carbocycles. The number of para-hydroxylation sites is 1. The van der Waals surface area contributed by atoms with Crippen molar-refractivity contribution in [2.24, 2.45) is 0 Å². The molecule has 0 aliphatic rings. The molecule has 0 fully saturated rings. The number of ketones is 1. The summed E-state index contributed by atoms with van der Waals surface area (Å²) in [6.07, 6.45) is 0.594.